The summed E-state index contributed by atoms with van der Waals surface area (Å²) in [4.78, 5) is 0. The number of benzene rings is 1. The van der Waals surface area contributed by atoms with Crippen LogP contribution in [0.3, 0.4) is 0 Å². The van der Waals surface area contributed by atoms with Crippen LogP contribution in [0.5, 0.6) is 0 Å². The number of nitrogens with one attached hydrogen (secondary N) is 1. The molecule has 1 aromatic carbocycles. The van der Waals surface area contributed by atoms with Crippen LogP contribution in [-0.2, 0) is 0 Å². The largest absolute Gasteiger partial charge is 0.394 e. The van der Waals surface area contributed by atoms with E-state index in [1.807, 2.05) is 6.07 Å². The molecule has 0 spiro atoms. The van der Waals surface area contributed by atoms with E-state index in [2.05, 4.69) is 5.32 Å². The monoisotopic (exact) mass is 194 g/mol. The second-order valence-electron chi connectivity index (χ2n) is 3.03. The minimum atomic E-state index is -0.482. The Morgan fingerprint density at radius 1 is 1.64 bits per heavy atom. The van der Waals surface area contributed by atoms with Crippen molar-refractivity contribution in [2.45, 2.75) is 13.0 Å². The molecule has 1 atom stereocenters. The van der Waals surface area contributed by atoms with E-state index in [0.29, 0.717) is 5.69 Å². The van der Waals surface area contributed by atoms with Gasteiger partial charge in [-0.15, -0.1) is 0 Å². The van der Waals surface area contributed by atoms with Crippen molar-refractivity contribution < 1.29 is 9.50 Å². The van der Waals surface area contributed by atoms with E-state index in [4.69, 9.17) is 10.4 Å². The number of nitriles is 1. The molecular weight excluding hydrogens is 183 g/mol. The lowest BCUT2D eigenvalue weighted by Gasteiger charge is -2.12. The summed E-state index contributed by atoms with van der Waals surface area (Å²) in [6.45, 7) is 1.66. The van der Waals surface area contributed by atoms with Crippen LogP contribution in [-0.4, -0.2) is 17.8 Å². The molecule has 0 aliphatic heterocycles. The van der Waals surface area contributed by atoms with Crippen molar-refractivity contribution in [2.24, 2.45) is 0 Å². The quantitative estimate of drug-likeness (QED) is 0.766. The standard InChI is InChI=1S/C10H11FN2O/c1-7(6-14)13-10-3-2-8(5-12)4-9(10)11/h2-4,7,13-14H,6H2,1H3. The van der Waals surface area contributed by atoms with Gasteiger partial charge >= 0.3 is 0 Å². The highest BCUT2D eigenvalue weighted by molar-refractivity contribution is 5.49. The lowest BCUT2D eigenvalue weighted by Crippen LogP contribution is -2.19. The first-order chi connectivity index (χ1) is 6.67. The number of aliphatic hydroxyl groups is 1. The van der Waals surface area contributed by atoms with Crippen LogP contribution >= 0.6 is 0 Å². The molecule has 0 bridgehead atoms. The molecule has 1 aromatic rings. The third-order valence-corrected chi connectivity index (χ3v) is 1.77. The predicted octanol–water partition coefficient (Wildman–Crippen LogP) is 1.49. The van der Waals surface area contributed by atoms with Crippen LogP contribution < -0.4 is 5.32 Å². The zero-order chi connectivity index (χ0) is 10.6. The highest BCUT2D eigenvalue weighted by atomic mass is 19.1. The highest BCUT2D eigenvalue weighted by Crippen LogP contribution is 2.15. The molecule has 0 aromatic heterocycles. The SMILES string of the molecule is CC(CO)Nc1ccc(C#N)cc1F. The summed E-state index contributed by atoms with van der Waals surface area (Å²) in [5.74, 6) is -0.482. The molecule has 0 aliphatic carbocycles. The third-order valence-electron chi connectivity index (χ3n) is 1.77. The Labute approximate surface area is 81.8 Å². The van der Waals surface area contributed by atoms with Gasteiger partial charge in [-0.05, 0) is 25.1 Å². The first-order valence-corrected chi connectivity index (χ1v) is 4.24. The molecule has 0 radical (unpaired) electrons. The van der Waals surface area contributed by atoms with Crippen LogP contribution in [0.2, 0.25) is 0 Å². The van der Waals surface area contributed by atoms with Crippen LogP contribution in [0.25, 0.3) is 0 Å². The molecule has 0 aliphatic rings. The first-order valence-electron chi connectivity index (χ1n) is 4.24. The smallest absolute Gasteiger partial charge is 0.147 e. The second-order valence-corrected chi connectivity index (χ2v) is 3.03. The van der Waals surface area contributed by atoms with Gasteiger partial charge in [0.25, 0.3) is 0 Å². The summed E-state index contributed by atoms with van der Waals surface area (Å²) in [7, 11) is 0. The van der Waals surface area contributed by atoms with E-state index >= 15 is 0 Å². The van der Waals surface area contributed by atoms with Crippen LogP contribution in [0.1, 0.15) is 12.5 Å². The lowest BCUT2D eigenvalue weighted by molar-refractivity contribution is 0.281. The van der Waals surface area contributed by atoms with Crippen molar-refractivity contribution in [3.05, 3.63) is 29.6 Å². The fraction of sp³-hybridized carbons (Fsp3) is 0.300. The molecule has 0 fully saturated rings. The van der Waals surface area contributed by atoms with Crippen molar-refractivity contribution >= 4 is 5.69 Å². The van der Waals surface area contributed by atoms with Crippen LogP contribution in [0, 0.1) is 17.1 Å². The van der Waals surface area contributed by atoms with E-state index in [1.54, 1.807) is 6.92 Å². The Morgan fingerprint density at radius 3 is 2.86 bits per heavy atom. The molecule has 0 saturated carbocycles. The number of halogens is 1. The molecule has 2 N–H and O–H groups in total. The minimum Gasteiger partial charge on any atom is -0.394 e. The molecule has 1 unspecified atom stereocenters. The summed E-state index contributed by atoms with van der Waals surface area (Å²) in [5.41, 5.74) is 0.579. The van der Waals surface area contributed by atoms with Gasteiger partial charge in [-0.2, -0.15) is 5.26 Å². The number of hydrogen-bond acceptors (Lipinski definition) is 3. The van der Waals surface area contributed by atoms with Gasteiger partial charge in [-0.1, -0.05) is 0 Å². The third kappa shape index (κ3) is 2.44. The topological polar surface area (TPSA) is 56.0 Å². The van der Waals surface area contributed by atoms with Gasteiger partial charge in [0.05, 0.1) is 23.9 Å². The van der Waals surface area contributed by atoms with E-state index in [9.17, 15) is 4.39 Å². The van der Waals surface area contributed by atoms with Gasteiger partial charge in [-0.25, -0.2) is 4.39 Å². The first kappa shape index (κ1) is 10.5. The van der Waals surface area contributed by atoms with Gasteiger partial charge in [0.1, 0.15) is 5.82 Å². The molecule has 0 amide bonds. The Balaban J connectivity index is 2.85. The van der Waals surface area contributed by atoms with Gasteiger partial charge < -0.3 is 10.4 Å². The number of hydrogen-bond donors (Lipinski definition) is 2. The summed E-state index contributed by atoms with van der Waals surface area (Å²) in [5, 5.41) is 20.0. The van der Waals surface area contributed by atoms with E-state index in [1.165, 1.54) is 12.1 Å². The maximum absolute atomic E-state index is 13.2. The minimum absolute atomic E-state index is 0.0700. The normalized spacial score (nSPS) is 11.9. The second kappa shape index (κ2) is 4.58. The zero-order valence-corrected chi connectivity index (χ0v) is 7.79. The van der Waals surface area contributed by atoms with Gasteiger partial charge in [0.2, 0.25) is 0 Å². The average molecular weight is 194 g/mol. The molecule has 3 nitrogen and oxygen atoms in total. The zero-order valence-electron chi connectivity index (χ0n) is 7.79. The van der Waals surface area contributed by atoms with E-state index in [0.717, 1.165) is 6.07 Å². The summed E-state index contributed by atoms with van der Waals surface area (Å²) < 4.78 is 13.2. The Bertz CT molecular complexity index is 360. The van der Waals surface area contributed by atoms with Crippen LogP contribution in [0.4, 0.5) is 10.1 Å². The number of aliphatic hydroxyl groups excluding tert-OH is 1. The Morgan fingerprint density at radius 2 is 2.36 bits per heavy atom. The maximum Gasteiger partial charge on any atom is 0.147 e. The number of rotatable bonds is 3. The van der Waals surface area contributed by atoms with Crippen molar-refractivity contribution in [1.82, 2.24) is 0 Å². The van der Waals surface area contributed by atoms with E-state index in [-0.39, 0.29) is 18.2 Å². The molecule has 14 heavy (non-hydrogen) atoms. The average Bonchev–Trinajstić information content (AvgIpc) is 2.20. The van der Waals surface area contributed by atoms with Gasteiger partial charge in [0.15, 0.2) is 0 Å². The number of nitrogens with zero attached hydrogens (tertiary/aromatic N) is 1. The number of anilines is 1. The Hall–Kier alpha value is -1.60. The maximum atomic E-state index is 13.2. The fourth-order valence-electron chi connectivity index (χ4n) is 1.01. The van der Waals surface area contributed by atoms with Gasteiger partial charge in [-0.3, -0.25) is 0 Å². The lowest BCUT2D eigenvalue weighted by atomic mass is 10.2. The predicted molar refractivity (Wildman–Crippen MR) is 51.3 cm³/mol. The van der Waals surface area contributed by atoms with E-state index < -0.39 is 5.82 Å². The molecular formula is C10H11FN2O. The molecule has 4 heteroatoms. The summed E-state index contributed by atoms with van der Waals surface area (Å²) >= 11 is 0. The van der Waals surface area contributed by atoms with Crippen molar-refractivity contribution in [3.8, 4) is 6.07 Å². The molecule has 1 rings (SSSR count). The summed E-state index contributed by atoms with van der Waals surface area (Å²) in [6, 6.07) is 5.80. The summed E-state index contributed by atoms with van der Waals surface area (Å²) in [6.07, 6.45) is 0. The Kier molecular flexibility index (Phi) is 3.43. The van der Waals surface area contributed by atoms with Crippen molar-refractivity contribution in [3.63, 3.8) is 0 Å². The van der Waals surface area contributed by atoms with Crippen LogP contribution in [0.15, 0.2) is 18.2 Å². The van der Waals surface area contributed by atoms with Crippen molar-refractivity contribution in [1.29, 1.82) is 5.26 Å². The molecule has 74 valence electrons. The highest BCUT2D eigenvalue weighted by Gasteiger charge is 2.05. The molecule has 0 saturated heterocycles. The fourth-order valence-corrected chi connectivity index (χ4v) is 1.01. The van der Waals surface area contributed by atoms with Crippen molar-refractivity contribution in [2.75, 3.05) is 11.9 Å². The van der Waals surface area contributed by atoms with Gasteiger partial charge in [0, 0.05) is 6.04 Å². The molecule has 0 heterocycles.